The van der Waals surface area contributed by atoms with Crippen molar-refractivity contribution >= 4 is 46.9 Å². The molecule has 0 amide bonds. The number of benzene rings is 3. The summed E-state index contributed by atoms with van der Waals surface area (Å²) in [7, 11) is 0. The summed E-state index contributed by atoms with van der Waals surface area (Å²) in [6, 6.07) is 18.8. The number of cyclic esters (lactones) is 2. The lowest BCUT2D eigenvalue weighted by Crippen LogP contribution is -2.11. The van der Waals surface area contributed by atoms with Crippen molar-refractivity contribution in [3.05, 3.63) is 150 Å². The van der Waals surface area contributed by atoms with Crippen molar-refractivity contribution < 1.29 is 28.9 Å². The summed E-state index contributed by atoms with van der Waals surface area (Å²) in [5.41, 5.74) is 3.52. The van der Waals surface area contributed by atoms with Crippen LogP contribution in [0.1, 0.15) is 36.1 Å². The lowest BCUT2D eigenvalue weighted by Gasteiger charge is -2.00. The van der Waals surface area contributed by atoms with E-state index in [2.05, 4.69) is 9.98 Å². The van der Waals surface area contributed by atoms with Gasteiger partial charge in [0.25, 0.3) is 11.4 Å². The van der Waals surface area contributed by atoms with Crippen LogP contribution in [0.2, 0.25) is 0 Å². The SMILES string of the molecule is CC(=Cc1ccc(C=C(C)C=C2N=C(c3cccc([N+](=O)[O-])c3)C(=O)O2)cc1)C=C1N=C(c2cccc([N+](=O)[O-])c2)C(=O)O1. The minimum absolute atomic E-state index is 0.00690. The Kier molecular flexibility index (Phi) is 8.15. The van der Waals surface area contributed by atoms with Gasteiger partial charge in [0.15, 0.2) is 11.4 Å². The summed E-state index contributed by atoms with van der Waals surface area (Å²) in [5.74, 6) is -1.22. The van der Waals surface area contributed by atoms with Gasteiger partial charge in [-0.15, -0.1) is 0 Å². The van der Waals surface area contributed by atoms with Gasteiger partial charge in [-0.1, -0.05) is 60.7 Å². The molecule has 5 rings (SSSR count). The van der Waals surface area contributed by atoms with Gasteiger partial charge in [0.05, 0.1) is 9.85 Å². The molecule has 3 aromatic carbocycles. The fraction of sp³-hybridized carbons (Fsp3) is 0.0625. The molecule has 44 heavy (non-hydrogen) atoms. The Balaban J connectivity index is 1.28. The third-order valence-electron chi connectivity index (χ3n) is 6.31. The fourth-order valence-electron chi connectivity index (χ4n) is 4.35. The molecular formula is C32H22N4O8. The van der Waals surface area contributed by atoms with Gasteiger partial charge < -0.3 is 9.47 Å². The molecule has 0 fully saturated rings. The maximum atomic E-state index is 12.3. The van der Waals surface area contributed by atoms with Gasteiger partial charge in [0.2, 0.25) is 11.8 Å². The number of ether oxygens (including phenoxy) is 2. The zero-order valence-corrected chi connectivity index (χ0v) is 23.3. The molecule has 0 atom stereocenters. The van der Waals surface area contributed by atoms with Crippen molar-refractivity contribution in [1.29, 1.82) is 0 Å². The maximum Gasteiger partial charge on any atom is 0.364 e. The lowest BCUT2D eigenvalue weighted by atomic mass is 10.1. The quantitative estimate of drug-likeness (QED) is 0.173. The molecule has 3 aromatic rings. The topological polar surface area (TPSA) is 164 Å². The Morgan fingerprint density at radius 2 is 1.05 bits per heavy atom. The number of hydrogen-bond acceptors (Lipinski definition) is 10. The van der Waals surface area contributed by atoms with Gasteiger partial charge in [-0.25, -0.2) is 19.6 Å². The molecule has 12 heteroatoms. The molecule has 0 aliphatic carbocycles. The van der Waals surface area contributed by atoms with Crippen LogP contribution in [-0.2, 0) is 19.1 Å². The number of rotatable bonds is 8. The molecule has 2 aliphatic rings. The summed E-state index contributed by atoms with van der Waals surface area (Å²) >= 11 is 0. The molecule has 0 spiro atoms. The van der Waals surface area contributed by atoms with Crippen molar-refractivity contribution in [2.24, 2.45) is 9.98 Å². The first-order valence-electron chi connectivity index (χ1n) is 13.1. The first-order valence-corrected chi connectivity index (χ1v) is 13.1. The van der Waals surface area contributed by atoms with Crippen molar-refractivity contribution in [3.8, 4) is 0 Å². The predicted octanol–water partition coefficient (Wildman–Crippen LogP) is 6.08. The average Bonchev–Trinajstić information content (AvgIpc) is 3.54. The number of nitro benzene ring substituents is 2. The molecule has 0 saturated carbocycles. The van der Waals surface area contributed by atoms with Gasteiger partial charge in [-0.3, -0.25) is 20.2 Å². The van der Waals surface area contributed by atoms with E-state index in [-0.39, 0.29) is 34.6 Å². The van der Waals surface area contributed by atoms with E-state index in [1.165, 1.54) is 36.4 Å². The largest absolute Gasteiger partial charge is 0.403 e. The lowest BCUT2D eigenvalue weighted by molar-refractivity contribution is -0.385. The van der Waals surface area contributed by atoms with E-state index in [0.29, 0.717) is 11.1 Å². The van der Waals surface area contributed by atoms with Gasteiger partial charge in [-0.2, -0.15) is 0 Å². The molecule has 2 aliphatic heterocycles. The fourth-order valence-corrected chi connectivity index (χ4v) is 4.35. The third kappa shape index (κ3) is 6.77. The van der Waals surface area contributed by atoms with Crippen molar-refractivity contribution in [3.63, 3.8) is 0 Å². The smallest absolute Gasteiger partial charge is 0.364 e. The highest BCUT2D eigenvalue weighted by molar-refractivity contribution is 6.45. The van der Waals surface area contributed by atoms with E-state index in [4.69, 9.17) is 9.47 Å². The molecular weight excluding hydrogens is 568 g/mol. The Hall–Kier alpha value is -6.30. The van der Waals surface area contributed by atoms with Gasteiger partial charge in [0.1, 0.15) is 0 Å². The van der Waals surface area contributed by atoms with E-state index < -0.39 is 21.8 Å². The van der Waals surface area contributed by atoms with Crippen molar-refractivity contribution in [2.45, 2.75) is 13.8 Å². The Labute approximate surface area is 250 Å². The summed E-state index contributed by atoms with van der Waals surface area (Å²) in [5, 5.41) is 22.1. The summed E-state index contributed by atoms with van der Waals surface area (Å²) in [6.45, 7) is 3.63. The van der Waals surface area contributed by atoms with Gasteiger partial charge in [0, 0.05) is 47.5 Å². The normalized spacial score (nSPS) is 17.0. The zero-order chi connectivity index (χ0) is 31.4. The number of non-ortho nitro benzene ring substituents is 2. The van der Waals surface area contributed by atoms with Crippen LogP contribution >= 0.6 is 0 Å². The van der Waals surface area contributed by atoms with E-state index in [9.17, 15) is 29.8 Å². The zero-order valence-electron chi connectivity index (χ0n) is 23.3. The standard InChI is InChI=1S/C32H22N4O8/c1-19(15-27-33-29(31(37)43-27)23-5-3-7-25(17-23)35(39)40)13-21-9-11-22(12-10-21)14-20(2)16-28-34-30(32(38)44-28)24-6-4-8-26(18-24)36(41)42/h3-18H,1-2H3. The number of esters is 2. The number of nitrogens with zero attached hydrogens (tertiary/aromatic N) is 4. The summed E-state index contributed by atoms with van der Waals surface area (Å²) in [4.78, 5) is 54.1. The highest BCUT2D eigenvalue weighted by atomic mass is 16.6. The van der Waals surface area contributed by atoms with Gasteiger partial charge in [-0.05, 0) is 36.1 Å². The Morgan fingerprint density at radius 3 is 1.41 bits per heavy atom. The second-order valence-electron chi connectivity index (χ2n) is 9.72. The van der Waals surface area contributed by atoms with Crippen LogP contribution in [0.3, 0.4) is 0 Å². The van der Waals surface area contributed by atoms with Crippen molar-refractivity contribution in [1.82, 2.24) is 0 Å². The van der Waals surface area contributed by atoms with E-state index in [0.717, 1.165) is 22.3 Å². The van der Waals surface area contributed by atoms with Crippen LogP contribution < -0.4 is 0 Å². The number of allylic oxidation sites excluding steroid dienone is 4. The minimum Gasteiger partial charge on any atom is -0.403 e. The minimum atomic E-state index is -0.690. The maximum absolute atomic E-state index is 12.3. The average molecular weight is 591 g/mol. The number of hydrogen-bond donors (Lipinski definition) is 0. The Morgan fingerprint density at radius 1 is 0.659 bits per heavy atom. The number of carbonyl (C=O) groups is 2. The van der Waals surface area contributed by atoms with Crippen LogP contribution in [0.4, 0.5) is 11.4 Å². The van der Waals surface area contributed by atoms with Crippen LogP contribution in [0, 0.1) is 20.2 Å². The highest BCUT2D eigenvalue weighted by Gasteiger charge is 2.27. The molecule has 0 radical (unpaired) electrons. The van der Waals surface area contributed by atoms with Crippen LogP contribution in [-0.4, -0.2) is 33.2 Å². The summed E-state index contributed by atoms with van der Waals surface area (Å²) < 4.78 is 10.5. The molecule has 218 valence electrons. The Bertz CT molecular complexity index is 1780. The first-order chi connectivity index (χ1) is 21.0. The predicted molar refractivity (Wildman–Crippen MR) is 161 cm³/mol. The van der Waals surface area contributed by atoms with Crippen LogP contribution in [0.15, 0.2) is 118 Å². The van der Waals surface area contributed by atoms with E-state index >= 15 is 0 Å². The number of nitro groups is 2. The molecule has 12 nitrogen and oxygen atoms in total. The molecule has 0 bridgehead atoms. The van der Waals surface area contributed by atoms with Crippen molar-refractivity contribution in [2.75, 3.05) is 0 Å². The number of aliphatic imine (C=N–C) groups is 2. The molecule has 0 N–H and O–H groups in total. The van der Waals surface area contributed by atoms with Crippen LogP contribution in [0.5, 0.6) is 0 Å². The second-order valence-corrected chi connectivity index (χ2v) is 9.72. The highest BCUT2D eigenvalue weighted by Crippen LogP contribution is 2.23. The molecule has 2 heterocycles. The second kappa shape index (κ2) is 12.3. The molecule has 0 unspecified atom stereocenters. The molecule has 0 aromatic heterocycles. The third-order valence-corrected chi connectivity index (χ3v) is 6.31. The van der Waals surface area contributed by atoms with E-state index in [1.807, 2.05) is 50.3 Å². The van der Waals surface area contributed by atoms with Gasteiger partial charge >= 0.3 is 11.9 Å². The molecule has 0 saturated heterocycles. The van der Waals surface area contributed by atoms with E-state index in [1.54, 1.807) is 24.3 Å². The first kappa shape index (κ1) is 29.2. The van der Waals surface area contributed by atoms with Crippen LogP contribution in [0.25, 0.3) is 12.2 Å². The number of carbonyl (C=O) groups excluding carboxylic acids is 2. The summed E-state index contributed by atoms with van der Waals surface area (Å²) in [6.07, 6.45) is 6.92. The monoisotopic (exact) mass is 590 g/mol.